The molecule has 0 unspecified atom stereocenters. The van der Waals surface area contributed by atoms with Gasteiger partial charge in [-0.05, 0) is 42.5 Å². The Morgan fingerprint density at radius 2 is 1.57 bits per heavy atom. The summed E-state index contributed by atoms with van der Waals surface area (Å²) < 4.78 is 0. The van der Waals surface area contributed by atoms with Crippen molar-refractivity contribution in [3.63, 3.8) is 0 Å². The van der Waals surface area contributed by atoms with Crippen LogP contribution in [0.3, 0.4) is 0 Å². The average molecular weight is 291 g/mol. The Morgan fingerprint density at radius 1 is 1.00 bits per heavy atom. The Bertz CT molecular complexity index is 414. The first-order chi connectivity index (χ1) is 9.83. The van der Waals surface area contributed by atoms with Crippen LogP contribution in [0.2, 0.25) is 0 Å². The van der Waals surface area contributed by atoms with Gasteiger partial charge in [-0.25, -0.2) is 4.98 Å². The lowest BCUT2D eigenvalue weighted by Crippen LogP contribution is -2.32. The minimum atomic E-state index is 0.459. The number of hydrogen-bond acceptors (Lipinski definition) is 3. The second-order valence-electron chi connectivity index (χ2n) is 7.14. The van der Waals surface area contributed by atoms with E-state index in [4.69, 9.17) is 4.98 Å². The zero-order chi connectivity index (χ0) is 16.0. The van der Waals surface area contributed by atoms with Crippen LogP contribution in [-0.4, -0.2) is 25.1 Å². The first-order valence-electron chi connectivity index (χ1n) is 8.23. The maximum Gasteiger partial charge on any atom is 0.129 e. The van der Waals surface area contributed by atoms with Gasteiger partial charge in [0.2, 0.25) is 0 Å². The minimum absolute atomic E-state index is 0.459. The summed E-state index contributed by atoms with van der Waals surface area (Å²) in [6.45, 7) is 16.5. The van der Waals surface area contributed by atoms with Crippen molar-refractivity contribution >= 4 is 5.82 Å². The molecule has 3 heteroatoms. The van der Waals surface area contributed by atoms with Gasteiger partial charge < -0.3 is 10.2 Å². The maximum absolute atomic E-state index is 4.92. The lowest BCUT2D eigenvalue weighted by molar-refractivity contribution is 0.547. The zero-order valence-corrected chi connectivity index (χ0v) is 14.9. The summed E-state index contributed by atoms with van der Waals surface area (Å²) >= 11 is 0. The highest BCUT2D eigenvalue weighted by atomic mass is 15.2. The molecule has 1 N–H and O–H groups in total. The van der Waals surface area contributed by atoms with E-state index in [1.807, 2.05) is 7.05 Å². The van der Waals surface area contributed by atoms with Gasteiger partial charge in [0.1, 0.15) is 5.82 Å². The van der Waals surface area contributed by atoms with E-state index in [0.29, 0.717) is 17.8 Å². The van der Waals surface area contributed by atoms with E-state index < -0.39 is 0 Å². The lowest BCUT2D eigenvalue weighted by atomic mass is 10.1. The third-order valence-corrected chi connectivity index (χ3v) is 3.36. The highest BCUT2D eigenvalue weighted by molar-refractivity contribution is 5.43. The number of aromatic nitrogens is 1. The third kappa shape index (κ3) is 6.04. The summed E-state index contributed by atoms with van der Waals surface area (Å²) in [4.78, 5) is 7.36. The first-order valence-corrected chi connectivity index (χ1v) is 8.23. The van der Waals surface area contributed by atoms with Gasteiger partial charge in [0, 0.05) is 25.3 Å². The zero-order valence-electron chi connectivity index (χ0n) is 14.9. The summed E-state index contributed by atoms with van der Waals surface area (Å²) in [7, 11) is 2.00. The second kappa shape index (κ2) is 8.38. The number of nitrogens with zero attached hydrogens (tertiary/aromatic N) is 2. The van der Waals surface area contributed by atoms with Crippen LogP contribution < -0.4 is 10.2 Å². The molecule has 0 aliphatic heterocycles. The normalized spacial score (nSPS) is 11.7. The molecule has 21 heavy (non-hydrogen) atoms. The number of anilines is 1. The van der Waals surface area contributed by atoms with Crippen molar-refractivity contribution < 1.29 is 0 Å². The molecular formula is C18H33N3. The smallest absolute Gasteiger partial charge is 0.129 e. The van der Waals surface area contributed by atoms with E-state index in [0.717, 1.165) is 25.5 Å². The Labute approximate surface area is 131 Å². The molecule has 1 aromatic heterocycles. The molecule has 1 aromatic rings. The molecule has 0 amide bonds. The fourth-order valence-electron chi connectivity index (χ4n) is 2.50. The van der Waals surface area contributed by atoms with Crippen LogP contribution >= 0.6 is 0 Å². The van der Waals surface area contributed by atoms with E-state index in [9.17, 15) is 0 Å². The average Bonchev–Trinajstić information content (AvgIpc) is 2.36. The van der Waals surface area contributed by atoms with Crippen LogP contribution in [0.4, 0.5) is 5.82 Å². The summed E-state index contributed by atoms with van der Waals surface area (Å²) in [6, 6.07) is 4.47. The summed E-state index contributed by atoms with van der Waals surface area (Å²) in [6.07, 6.45) is 0. The van der Waals surface area contributed by atoms with Crippen molar-refractivity contribution in [2.24, 2.45) is 11.8 Å². The van der Waals surface area contributed by atoms with Crippen molar-refractivity contribution in [2.45, 2.75) is 54.0 Å². The molecule has 0 aliphatic rings. The quantitative estimate of drug-likeness (QED) is 0.783. The van der Waals surface area contributed by atoms with Crippen LogP contribution in [0.15, 0.2) is 12.1 Å². The summed E-state index contributed by atoms with van der Waals surface area (Å²) in [5, 5.41) is 3.25. The van der Waals surface area contributed by atoms with Gasteiger partial charge in [-0.3, -0.25) is 0 Å². The number of pyridine rings is 1. The predicted octanol–water partition coefficient (Wildman–Crippen LogP) is 4.04. The molecule has 1 heterocycles. The van der Waals surface area contributed by atoms with Gasteiger partial charge in [0.05, 0.1) is 0 Å². The number of nitrogens with one attached hydrogen (secondary N) is 1. The van der Waals surface area contributed by atoms with Crippen LogP contribution in [0.25, 0.3) is 0 Å². The number of hydrogen-bond donors (Lipinski definition) is 1. The van der Waals surface area contributed by atoms with E-state index in [1.54, 1.807) is 0 Å². The molecule has 0 radical (unpaired) electrons. The highest BCUT2D eigenvalue weighted by Gasteiger charge is 2.14. The summed E-state index contributed by atoms with van der Waals surface area (Å²) in [5.41, 5.74) is 2.51. The molecule has 3 nitrogen and oxygen atoms in total. The Balaban J connectivity index is 3.14. The number of rotatable bonds is 8. The Morgan fingerprint density at radius 3 is 2.00 bits per heavy atom. The topological polar surface area (TPSA) is 28.2 Å². The van der Waals surface area contributed by atoms with Crippen molar-refractivity contribution in [3.8, 4) is 0 Å². The molecule has 1 rings (SSSR count). The molecule has 0 spiro atoms. The lowest BCUT2D eigenvalue weighted by Gasteiger charge is -2.28. The van der Waals surface area contributed by atoms with E-state index in [-0.39, 0.29) is 0 Å². The van der Waals surface area contributed by atoms with E-state index in [2.05, 4.69) is 63.9 Å². The fourth-order valence-corrected chi connectivity index (χ4v) is 2.50. The van der Waals surface area contributed by atoms with Crippen LogP contribution in [0.1, 0.15) is 58.7 Å². The summed E-state index contributed by atoms with van der Waals surface area (Å²) in [5.74, 6) is 2.87. The molecular weight excluding hydrogens is 258 g/mol. The van der Waals surface area contributed by atoms with Gasteiger partial charge in [-0.15, -0.1) is 0 Å². The third-order valence-electron chi connectivity index (χ3n) is 3.36. The molecule has 120 valence electrons. The Hall–Kier alpha value is -1.09. The van der Waals surface area contributed by atoms with Gasteiger partial charge >= 0.3 is 0 Å². The molecule has 0 fully saturated rings. The minimum Gasteiger partial charge on any atom is -0.356 e. The van der Waals surface area contributed by atoms with Crippen molar-refractivity contribution in [1.29, 1.82) is 0 Å². The molecule has 0 aliphatic carbocycles. The first kappa shape index (κ1) is 18.0. The largest absolute Gasteiger partial charge is 0.356 e. The van der Waals surface area contributed by atoms with Gasteiger partial charge in [0.25, 0.3) is 0 Å². The van der Waals surface area contributed by atoms with Crippen molar-refractivity contribution in [2.75, 3.05) is 25.0 Å². The fraction of sp³-hybridized carbons (Fsp3) is 0.722. The molecule has 0 atom stereocenters. The van der Waals surface area contributed by atoms with Crippen molar-refractivity contribution in [3.05, 3.63) is 23.4 Å². The maximum atomic E-state index is 4.92. The molecule has 0 aromatic carbocycles. The van der Waals surface area contributed by atoms with E-state index >= 15 is 0 Å². The van der Waals surface area contributed by atoms with Gasteiger partial charge in [-0.2, -0.15) is 0 Å². The molecule has 0 saturated heterocycles. The monoisotopic (exact) mass is 291 g/mol. The molecule has 0 saturated carbocycles. The van der Waals surface area contributed by atoms with Crippen molar-refractivity contribution in [1.82, 2.24) is 10.3 Å². The van der Waals surface area contributed by atoms with Gasteiger partial charge in [0.15, 0.2) is 0 Å². The molecule has 0 bridgehead atoms. The predicted molar refractivity (Wildman–Crippen MR) is 93.0 cm³/mol. The standard InChI is InChI=1S/C18H33N3/c1-13(2)11-21(12-14(3)4)18-9-16(10-19-7)8-17(20-18)15(5)6/h8-9,13-15,19H,10-12H2,1-7H3. The Kier molecular flexibility index (Phi) is 7.16. The van der Waals surface area contributed by atoms with Crippen LogP contribution in [0.5, 0.6) is 0 Å². The highest BCUT2D eigenvalue weighted by Crippen LogP contribution is 2.22. The van der Waals surface area contributed by atoms with Crippen LogP contribution in [-0.2, 0) is 6.54 Å². The van der Waals surface area contributed by atoms with Gasteiger partial charge in [-0.1, -0.05) is 41.5 Å². The second-order valence-corrected chi connectivity index (χ2v) is 7.14. The van der Waals surface area contributed by atoms with Crippen LogP contribution in [0, 0.1) is 11.8 Å². The van der Waals surface area contributed by atoms with E-state index in [1.165, 1.54) is 11.3 Å². The SMILES string of the molecule is CNCc1cc(C(C)C)nc(N(CC(C)C)CC(C)C)c1.